The molecule has 0 bridgehead atoms. The first-order valence-corrected chi connectivity index (χ1v) is 7.01. The van der Waals surface area contributed by atoms with Crippen LogP contribution in [-0.2, 0) is 6.18 Å². The van der Waals surface area contributed by atoms with Gasteiger partial charge in [0.15, 0.2) is 0 Å². The molecule has 0 spiro atoms. The first-order valence-electron chi connectivity index (χ1n) is 7.01. The Morgan fingerprint density at radius 2 is 2.05 bits per heavy atom. The Bertz CT molecular complexity index is 523. The zero-order valence-corrected chi connectivity index (χ0v) is 11.8. The summed E-state index contributed by atoms with van der Waals surface area (Å²) in [6.45, 7) is 4.37. The molecule has 0 saturated carbocycles. The number of halogens is 3. The van der Waals surface area contributed by atoms with Crippen LogP contribution in [0.4, 0.5) is 18.9 Å². The predicted molar refractivity (Wildman–Crippen MR) is 73.2 cm³/mol. The Labute approximate surface area is 120 Å². The molecule has 1 atom stereocenters. The predicted octanol–water partition coefficient (Wildman–Crippen LogP) is 2.08. The van der Waals surface area contributed by atoms with Crippen molar-refractivity contribution in [3.63, 3.8) is 0 Å². The summed E-state index contributed by atoms with van der Waals surface area (Å²) in [5.41, 5.74) is -2.71. The zero-order valence-electron chi connectivity index (χ0n) is 11.8. The summed E-state index contributed by atoms with van der Waals surface area (Å²) < 4.78 is 38.8. The molecule has 1 saturated heterocycles. The highest BCUT2D eigenvalue weighted by Crippen LogP contribution is 2.31. The monoisotopic (exact) mass is 304 g/mol. The number of hydrogen-bond acceptors (Lipinski definition) is 4. The van der Waals surface area contributed by atoms with E-state index >= 15 is 0 Å². The van der Waals surface area contributed by atoms with Crippen LogP contribution < -0.4 is 10.9 Å². The molecule has 0 aliphatic carbocycles. The summed E-state index contributed by atoms with van der Waals surface area (Å²) in [7, 11) is 0. The van der Waals surface area contributed by atoms with E-state index in [-0.39, 0.29) is 11.7 Å². The minimum Gasteiger partial charge on any atom is -0.379 e. The van der Waals surface area contributed by atoms with Crippen molar-refractivity contribution in [2.75, 3.05) is 25.0 Å². The third kappa shape index (κ3) is 4.20. The van der Waals surface area contributed by atoms with Crippen molar-refractivity contribution in [1.29, 1.82) is 0 Å². The Kier molecular flexibility index (Phi) is 4.87. The van der Waals surface area contributed by atoms with Crippen molar-refractivity contribution in [2.24, 2.45) is 0 Å². The molecule has 1 aromatic heterocycles. The van der Waals surface area contributed by atoms with E-state index in [1.54, 1.807) is 6.92 Å². The van der Waals surface area contributed by atoms with E-state index in [2.05, 4.69) is 15.3 Å². The number of hydrogen-bond donors (Lipinski definition) is 2. The van der Waals surface area contributed by atoms with Gasteiger partial charge in [0, 0.05) is 12.6 Å². The van der Waals surface area contributed by atoms with E-state index in [4.69, 9.17) is 0 Å². The number of anilines is 1. The normalized spacial score (nSPS) is 18.5. The van der Waals surface area contributed by atoms with Gasteiger partial charge in [-0.25, -0.2) is 5.10 Å². The van der Waals surface area contributed by atoms with Gasteiger partial charge < -0.3 is 10.2 Å². The molecule has 8 heteroatoms. The second kappa shape index (κ2) is 6.46. The van der Waals surface area contributed by atoms with E-state index in [9.17, 15) is 18.0 Å². The molecule has 1 fully saturated rings. The molecule has 2 N–H and O–H groups in total. The van der Waals surface area contributed by atoms with Crippen LogP contribution in [0.15, 0.2) is 11.0 Å². The maximum absolute atomic E-state index is 12.9. The molecule has 2 heterocycles. The van der Waals surface area contributed by atoms with Gasteiger partial charge in [0.1, 0.15) is 5.56 Å². The lowest BCUT2D eigenvalue weighted by atomic mass is 10.1. The molecule has 5 nitrogen and oxygen atoms in total. The molecule has 118 valence electrons. The van der Waals surface area contributed by atoms with Crippen molar-refractivity contribution < 1.29 is 13.2 Å². The number of piperidine rings is 1. The van der Waals surface area contributed by atoms with Crippen LogP contribution in [0.1, 0.15) is 31.7 Å². The quantitative estimate of drug-likeness (QED) is 0.894. The molecule has 1 aliphatic heterocycles. The Balaban J connectivity index is 2.08. The molecular formula is C13H19F3N4O. The molecule has 1 aromatic rings. The van der Waals surface area contributed by atoms with E-state index in [1.807, 2.05) is 5.10 Å². The van der Waals surface area contributed by atoms with E-state index < -0.39 is 17.3 Å². The van der Waals surface area contributed by atoms with Gasteiger partial charge in [-0.05, 0) is 32.9 Å². The fraction of sp³-hybridized carbons (Fsp3) is 0.692. The van der Waals surface area contributed by atoms with Crippen molar-refractivity contribution in [3.8, 4) is 0 Å². The molecule has 1 aliphatic rings. The first-order chi connectivity index (χ1) is 9.88. The topological polar surface area (TPSA) is 61.0 Å². The average molecular weight is 304 g/mol. The van der Waals surface area contributed by atoms with E-state index in [0.29, 0.717) is 6.54 Å². The number of aromatic amines is 1. The van der Waals surface area contributed by atoms with Gasteiger partial charge in [0.05, 0.1) is 11.9 Å². The summed E-state index contributed by atoms with van der Waals surface area (Å²) in [4.78, 5) is 13.6. The molecule has 0 radical (unpaired) electrons. The van der Waals surface area contributed by atoms with Crippen molar-refractivity contribution in [2.45, 2.75) is 38.4 Å². The van der Waals surface area contributed by atoms with Crippen molar-refractivity contribution in [1.82, 2.24) is 15.1 Å². The minimum atomic E-state index is -4.70. The number of alkyl halides is 3. The van der Waals surface area contributed by atoms with Gasteiger partial charge in [0.25, 0.3) is 5.56 Å². The third-order valence-corrected chi connectivity index (χ3v) is 3.52. The van der Waals surface area contributed by atoms with Crippen LogP contribution in [-0.4, -0.2) is 40.8 Å². The highest BCUT2D eigenvalue weighted by atomic mass is 19.4. The molecular weight excluding hydrogens is 285 g/mol. The third-order valence-electron chi connectivity index (χ3n) is 3.52. The van der Waals surface area contributed by atoms with Crippen LogP contribution >= 0.6 is 0 Å². The number of likely N-dealkylation sites (tertiary alicyclic amines) is 1. The molecule has 0 unspecified atom stereocenters. The number of H-pyrrole nitrogens is 1. The summed E-state index contributed by atoms with van der Waals surface area (Å²) in [5, 5.41) is 8.03. The maximum atomic E-state index is 12.9. The van der Waals surface area contributed by atoms with Gasteiger partial charge in [-0.2, -0.15) is 18.3 Å². The summed E-state index contributed by atoms with van der Waals surface area (Å²) in [6.07, 6.45) is -0.255. The van der Waals surface area contributed by atoms with Crippen molar-refractivity contribution in [3.05, 3.63) is 22.1 Å². The number of rotatable bonds is 4. The lowest BCUT2D eigenvalue weighted by Gasteiger charge is -2.30. The van der Waals surface area contributed by atoms with Gasteiger partial charge >= 0.3 is 6.18 Å². The van der Waals surface area contributed by atoms with Crippen LogP contribution in [0.25, 0.3) is 0 Å². The van der Waals surface area contributed by atoms with Gasteiger partial charge in [-0.1, -0.05) is 6.42 Å². The first kappa shape index (κ1) is 15.8. The Hall–Kier alpha value is -1.57. The van der Waals surface area contributed by atoms with Crippen LogP contribution in [0.5, 0.6) is 0 Å². The average Bonchev–Trinajstić information content (AvgIpc) is 2.38. The SMILES string of the molecule is C[C@@H](CN1CCCCC1)Nc1cn[nH]c(=O)c1C(F)(F)F. The number of aromatic nitrogens is 2. The number of nitrogens with one attached hydrogen (secondary N) is 2. The standard InChI is InChI=1S/C13H19F3N4O/c1-9(8-20-5-3-2-4-6-20)18-10-7-17-19-12(21)11(10)13(14,15)16/h7,9H,2-6,8H2,1H3,(H2,18,19,21)/t9-/m0/s1. The lowest BCUT2D eigenvalue weighted by Crippen LogP contribution is -2.39. The molecule has 0 amide bonds. The van der Waals surface area contributed by atoms with E-state index in [0.717, 1.165) is 32.1 Å². The largest absolute Gasteiger partial charge is 0.423 e. The smallest absolute Gasteiger partial charge is 0.379 e. The second-order valence-electron chi connectivity index (χ2n) is 5.39. The maximum Gasteiger partial charge on any atom is 0.423 e. The number of nitrogens with zero attached hydrogens (tertiary/aromatic N) is 2. The van der Waals surface area contributed by atoms with E-state index in [1.165, 1.54) is 6.42 Å². The fourth-order valence-electron chi connectivity index (χ4n) is 2.63. The molecule has 2 rings (SSSR count). The highest BCUT2D eigenvalue weighted by Gasteiger charge is 2.37. The molecule has 0 aromatic carbocycles. The van der Waals surface area contributed by atoms with Crippen molar-refractivity contribution >= 4 is 5.69 Å². The van der Waals surface area contributed by atoms with Gasteiger partial charge in [0.2, 0.25) is 0 Å². The summed E-state index contributed by atoms with van der Waals surface area (Å²) >= 11 is 0. The highest BCUT2D eigenvalue weighted by molar-refractivity contribution is 5.50. The van der Waals surface area contributed by atoms with Crippen LogP contribution in [0.3, 0.4) is 0 Å². The zero-order chi connectivity index (χ0) is 15.5. The Morgan fingerprint density at radius 1 is 1.38 bits per heavy atom. The van der Waals surface area contributed by atoms with Gasteiger partial charge in [-0.3, -0.25) is 4.79 Å². The summed E-state index contributed by atoms with van der Waals surface area (Å²) in [6, 6.07) is -0.201. The van der Waals surface area contributed by atoms with Crippen LogP contribution in [0, 0.1) is 0 Å². The Morgan fingerprint density at radius 3 is 2.67 bits per heavy atom. The summed E-state index contributed by atoms with van der Waals surface area (Å²) in [5.74, 6) is 0. The minimum absolute atomic E-state index is 0.201. The van der Waals surface area contributed by atoms with Crippen LogP contribution in [0.2, 0.25) is 0 Å². The van der Waals surface area contributed by atoms with Gasteiger partial charge in [-0.15, -0.1) is 0 Å². The lowest BCUT2D eigenvalue weighted by molar-refractivity contribution is -0.138. The second-order valence-corrected chi connectivity index (χ2v) is 5.39. The fourth-order valence-corrected chi connectivity index (χ4v) is 2.63. The molecule has 21 heavy (non-hydrogen) atoms.